The molecule has 0 aromatic heterocycles. The molecule has 1 heteroatoms. The van der Waals surface area contributed by atoms with Crippen molar-refractivity contribution in [1.82, 2.24) is 0 Å². The minimum absolute atomic E-state index is 0.992. The number of rotatable bonds is 3. The molecule has 1 rings (SSSR count). The first-order valence-electron chi connectivity index (χ1n) is 5.03. The van der Waals surface area contributed by atoms with Gasteiger partial charge < -0.3 is 4.74 Å². The van der Waals surface area contributed by atoms with Gasteiger partial charge in [-0.05, 0) is 37.5 Å². The number of benzene rings is 1. The topological polar surface area (TPSA) is 9.23 Å². The molecule has 0 saturated heterocycles. The zero-order valence-electron chi connectivity index (χ0n) is 9.42. The quantitative estimate of drug-likeness (QED) is 0.707. The van der Waals surface area contributed by atoms with E-state index in [2.05, 4.69) is 32.1 Å². The highest BCUT2D eigenvalue weighted by atomic mass is 16.5. The Hall–Kier alpha value is -1.24. The number of methoxy groups -OCH3 is 1. The molecule has 0 N–H and O–H groups in total. The van der Waals surface area contributed by atoms with Gasteiger partial charge in [0.1, 0.15) is 5.75 Å². The second-order valence-corrected chi connectivity index (χ2v) is 3.33. The van der Waals surface area contributed by atoms with E-state index in [4.69, 9.17) is 4.74 Å². The Morgan fingerprint density at radius 2 is 2.07 bits per heavy atom. The molecule has 0 spiro atoms. The molecule has 0 aliphatic carbocycles. The van der Waals surface area contributed by atoms with Crippen LogP contribution in [0.1, 0.15) is 30.5 Å². The molecule has 0 atom stereocenters. The number of ether oxygens (including phenoxy) is 1. The molecule has 0 amide bonds. The van der Waals surface area contributed by atoms with Crippen molar-refractivity contribution >= 4 is 6.08 Å². The lowest BCUT2D eigenvalue weighted by Gasteiger charge is -2.12. The summed E-state index contributed by atoms with van der Waals surface area (Å²) in [5.41, 5.74) is 3.90. The Labute approximate surface area is 86.4 Å². The second kappa shape index (κ2) is 4.85. The lowest BCUT2D eigenvalue weighted by Crippen LogP contribution is -1.95. The highest BCUT2D eigenvalue weighted by Crippen LogP contribution is 2.26. The van der Waals surface area contributed by atoms with Gasteiger partial charge in [-0.2, -0.15) is 0 Å². The molecule has 0 heterocycles. The van der Waals surface area contributed by atoms with Crippen LogP contribution >= 0.6 is 0 Å². The van der Waals surface area contributed by atoms with Gasteiger partial charge in [0.05, 0.1) is 7.11 Å². The Bertz CT molecular complexity index is 337. The molecular formula is C13H18O. The fraction of sp³-hybridized carbons (Fsp3) is 0.385. The van der Waals surface area contributed by atoms with Crippen LogP contribution in [0.4, 0.5) is 0 Å². The van der Waals surface area contributed by atoms with Gasteiger partial charge in [-0.25, -0.2) is 0 Å². The number of hydrogen-bond donors (Lipinski definition) is 0. The smallest absolute Gasteiger partial charge is 0.122 e. The van der Waals surface area contributed by atoms with E-state index in [0.717, 1.165) is 12.2 Å². The first-order valence-corrected chi connectivity index (χ1v) is 5.03. The van der Waals surface area contributed by atoms with Gasteiger partial charge in [0.2, 0.25) is 0 Å². The van der Waals surface area contributed by atoms with Crippen LogP contribution in [0.3, 0.4) is 0 Å². The summed E-state index contributed by atoms with van der Waals surface area (Å²) in [7, 11) is 1.73. The molecule has 0 radical (unpaired) electrons. The molecule has 0 unspecified atom stereocenters. The van der Waals surface area contributed by atoms with Crippen molar-refractivity contribution in [2.75, 3.05) is 7.11 Å². The third-order valence-corrected chi connectivity index (χ3v) is 2.44. The fourth-order valence-corrected chi connectivity index (χ4v) is 1.72. The van der Waals surface area contributed by atoms with Crippen LogP contribution in [-0.4, -0.2) is 7.11 Å². The van der Waals surface area contributed by atoms with Crippen LogP contribution in [0.2, 0.25) is 0 Å². The van der Waals surface area contributed by atoms with Gasteiger partial charge in [-0.1, -0.05) is 25.1 Å². The molecule has 0 fully saturated rings. The van der Waals surface area contributed by atoms with Crippen LogP contribution in [0.5, 0.6) is 5.75 Å². The van der Waals surface area contributed by atoms with Crippen molar-refractivity contribution in [3.8, 4) is 5.75 Å². The molecule has 14 heavy (non-hydrogen) atoms. The Kier molecular flexibility index (Phi) is 3.75. The molecule has 0 aliphatic heterocycles. The zero-order valence-corrected chi connectivity index (χ0v) is 9.42. The van der Waals surface area contributed by atoms with Gasteiger partial charge in [0.25, 0.3) is 0 Å². The van der Waals surface area contributed by atoms with Gasteiger partial charge in [0.15, 0.2) is 0 Å². The molecule has 0 saturated carbocycles. The van der Waals surface area contributed by atoms with Crippen molar-refractivity contribution in [1.29, 1.82) is 0 Å². The van der Waals surface area contributed by atoms with Crippen LogP contribution in [-0.2, 0) is 6.42 Å². The van der Waals surface area contributed by atoms with Crippen LogP contribution in [0.25, 0.3) is 6.08 Å². The molecular weight excluding hydrogens is 172 g/mol. The molecule has 1 aromatic rings. The summed E-state index contributed by atoms with van der Waals surface area (Å²) in [4.78, 5) is 0. The lowest BCUT2D eigenvalue weighted by atomic mass is 9.98. The summed E-state index contributed by atoms with van der Waals surface area (Å²) in [6.07, 6.45) is 5.22. The van der Waals surface area contributed by atoms with Crippen LogP contribution in [0.15, 0.2) is 18.2 Å². The van der Waals surface area contributed by atoms with E-state index >= 15 is 0 Å². The number of hydrogen-bond acceptors (Lipinski definition) is 1. The standard InChI is InChI=1S/C13H18O/c1-5-7-12-10(3)8-9-13(14-4)11(12)6-2/h5,7-9H,6H2,1-4H3/b7-5-. The highest BCUT2D eigenvalue weighted by molar-refractivity contribution is 5.61. The van der Waals surface area contributed by atoms with Crippen LogP contribution < -0.4 is 4.74 Å². The summed E-state index contributed by atoms with van der Waals surface area (Å²) >= 11 is 0. The summed E-state index contributed by atoms with van der Waals surface area (Å²) in [6, 6.07) is 4.15. The van der Waals surface area contributed by atoms with E-state index in [1.54, 1.807) is 7.11 Å². The molecule has 0 aliphatic rings. The monoisotopic (exact) mass is 190 g/mol. The predicted octanol–water partition coefficient (Wildman–Crippen LogP) is 3.60. The fourth-order valence-electron chi connectivity index (χ4n) is 1.72. The first kappa shape index (κ1) is 10.8. The average molecular weight is 190 g/mol. The van der Waals surface area contributed by atoms with Crippen molar-refractivity contribution in [2.45, 2.75) is 27.2 Å². The second-order valence-electron chi connectivity index (χ2n) is 3.33. The van der Waals surface area contributed by atoms with Crippen molar-refractivity contribution in [3.05, 3.63) is 34.9 Å². The number of allylic oxidation sites excluding steroid dienone is 1. The third-order valence-electron chi connectivity index (χ3n) is 2.44. The predicted molar refractivity (Wildman–Crippen MR) is 61.8 cm³/mol. The summed E-state index contributed by atoms with van der Waals surface area (Å²) in [5.74, 6) is 0.992. The van der Waals surface area contributed by atoms with E-state index in [1.807, 2.05) is 13.0 Å². The molecule has 1 nitrogen and oxygen atoms in total. The summed E-state index contributed by atoms with van der Waals surface area (Å²) in [6.45, 7) is 6.33. The van der Waals surface area contributed by atoms with E-state index < -0.39 is 0 Å². The van der Waals surface area contributed by atoms with E-state index in [9.17, 15) is 0 Å². The van der Waals surface area contributed by atoms with Crippen molar-refractivity contribution < 1.29 is 4.74 Å². The largest absolute Gasteiger partial charge is 0.496 e. The maximum atomic E-state index is 5.34. The maximum absolute atomic E-state index is 5.34. The minimum Gasteiger partial charge on any atom is -0.496 e. The Balaban J connectivity index is 3.34. The van der Waals surface area contributed by atoms with Crippen molar-refractivity contribution in [2.24, 2.45) is 0 Å². The summed E-state index contributed by atoms with van der Waals surface area (Å²) in [5, 5.41) is 0. The average Bonchev–Trinajstić information content (AvgIpc) is 2.21. The zero-order chi connectivity index (χ0) is 10.6. The number of aryl methyl sites for hydroxylation is 1. The van der Waals surface area contributed by atoms with Gasteiger partial charge >= 0.3 is 0 Å². The van der Waals surface area contributed by atoms with E-state index in [1.165, 1.54) is 16.7 Å². The third kappa shape index (κ3) is 1.98. The van der Waals surface area contributed by atoms with E-state index in [-0.39, 0.29) is 0 Å². The van der Waals surface area contributed by atoms with Crippen LogP contribution in [0, 0.1) is 6.92 Å². The molecule has 76 valence electrons. The molecule has 1 aromatic carbocycles. The van der Waals surface area contributed by atoms with Gasteiger partial charge in [0, 0.05) is 5.56 Å². The van der Waals surface area contributed by atoms with E-state index in [0.29, 0.717) is 0 Å². The van der Waals surface area contributed by atoms with Gasteiger partial charge in [-0.3, -0.25) is 0 Å². The normalized spacial score (nSPS) is 10.9. The Morgan fingerprint density at radius 3 is 2.57 bits per heavy atom. The SMILES string of the molecule is C/C=C\c1c(C)ccc(OC)c1CC. The highest BCUT2D eigenvalue weighted by Gasteiger charge is 2.07. The lowest BCUT2D eigenvalue weighted by molar-refractivity contribution is 0.410. The molecule has 0 bridgehead atoms. The van der Waals surface area contributed by atoms with Crippen molar-refractivity contribution in [3.63, 3.8) is 0 Å². The minimum atomic E-state index is 0.992. The Morgan fingerprint density at radius 1 is 1.36 bits per heavy atom. The maximum Gasteiger partial charge on any atom is 0.122 e. The van der Waals surface area contributed by atoms with Gasteiger partial charge in [-0.15, -0.1) is 0 Å². The first-order chi connectivity index (χ1) is 6.74. The summed E-state index contributed by atoms with van der Waals surface area (Å²) < 4.78 is 5.34.